The first kappa shape index (κ1) is 14.9. The summed E-state index contributed by atoms with van der Waals surface area (Å²) in [4.78, 5) is 1.15. The van der Waals surface area contributed by atoms with Crippen LogP contribution in [0.25, 0.3) is 0 Å². The number of methoxy groups -OCH3 is 1. The summed E-state index contributed by atoms with van der Waals surface area (Å²) in [5.74, 6) is 0. The van der Waals surface area contributed by atoms with Crippen LogP contribution in [0.15, 0.2) is 11.4 Å². The molecule has 0 fully saturated rings. The molecule has 0 radical (unpaired) electrons. The van der Waals surface area contributed by atoms with Crippen LogP contribution in [-0.4, -0.2) is 33.5 Å². The van der Waals surface area contributed by atoms with E-state index in [2.05, 4.69) is 12.2 Å². The molecule has 0 spiro atoms. The molecule has 1 aromatic rings. The molecule has 0 aromatic carbocycles. The molecule has 0 aliphatic carbocycles. The zero-order valence-corrected chi connectivity index (χ0v) is 11.9. The van der Waals surface area contributed by atoms with Gasteiger partial charge >= 0.3 is 0 Å². The fourth-order valence-electron chi connectivity index (χ4n) is 1.44. The highest BCUT2D eigenvalue weighted by Crippen LogP contribution is 2.28. The van der Waals surface area contributed by atoms with Crippen LogP contribution in [0.2, 0.25) is 5.02 Å². The minimum atomic E-state index is 0.180. The van der Waals surface area contributed by atoms with Gasteiger partial charge < -0.3 is 14.8 Å². The molecule has 0 saturated carbocycles. The van der Waals surface area contributed by atoms with E-state index in [0.717, 1.165) is 22.9 Å². The molecule has 5 heteroatoms. The van der Waals surface area contributed by atoms with Crippen LogP contribution in [0.5, 0.6) is 0 Å². The maximum absolute atomic E-state index is 6.14. The smallest absolute Gasteiger partial charge is 0.0701 e. The van der Waals surface area contributed by atoms with E-state index in [0.29, 0.717) is 19.8 Å². The summed E-state index contributed by atoms with van der Waals surface area (Å²) in [7, 11) is 1.67. The van der Waals surface area contributed by atoms with E-state index in [1.165, 1.54) is 0 Å². The molecule has 3 nitrogen and oxygen atoms in total. The van der Waals surface area contributed by atoms with Crippen molar-refractivity contribution < 1.29 is 9.47 Å². The van der Waals surface area contributed by atoms with Crippen molar-refractivity contribution in [1.29, 1.82) is 0 Å². The molecular formula is C12H20ClNO2S. The van der Waals surface area contributed by atoms with Crippen LogP contribution in [0.4, 0.5) is 0 Å². The summed E-state index contributed by atoms with van der Waals surface area (Å²) in [6.07, 6.45) is 1.09. The summed E-state index contributed by atoms with van der Waals surface area (Å²) in [5, 5.41) is 6.28. The quantitative estimate of drug-likeness (QED) is 0.704. The monoisotopic (exact) mass is 277 g/mol. The molecule has 0 amide bonds. The molecule has 1 unspecified atom stereocenters. The minimum Gasteiger partial charge on any atom is -0.382 e. The Hall–Kier alpha value is -0.130. The Kier molecular flexibility index (Phi) is 7.81. The predicted octanol–water partition coefficient (Wildman–Crippen LogP) is 3.11. The van der Waals surface area contributed by atoms with Crippen molar-refractivity contribution in [2.24, 2.45) is 0 Å². The fourth-order valence-corrected chi connectivity index (χ4v) is 2.69. The van der Waals surface area contributed by atoms with Gasteiger partial charge in [-0.25, -0.2) is 0 Å². The van der Waals surface area contributed by atoms with E-state index in [9.17, 15) is 0 Å². The number of hydrogen-bond acceptors (Lipinski definition) is 4. The van der Waals surface area contributed by atoms with Crippen molar-refractivity contribution in [2.45, 2.75) is 19.4 Å². The first-order valence-corrected chi connectivity index (χ1v) is 7.08. The molecule has 98 valence electrons. The van der Waals surface area contributed by atoms with E-state index in [1.807, 2.05) is 11.4 Å². The molecule has 1 rings (SSSR count). The predicted molar refractivity (Wildman–Crippen MR) is 73.1 cm³/mol. The van der Waals surface area contributed by atoms with Gasteiger partial charge in [0.15, 0.2) is 0 Å². The van der Waals surface area contributed by atoms with Gasteiger partial charge in [-0.2, -0.15) is 0 Å². The summed E-state index contributed by atoms with van der Waals surface area (Å²) in [6, 6.07) is 2.11. The summed E-state index contributed by atoms with van der Waals surface area (Å²) >= 11 is 7.81. The highest BCUT2D eigenvalue weighted by Gasteiger charge is 2.15. The van der Waals surface area contributed by atoms with Crippen LogP contribution >= 0.6 is 22.9 Å². The van der Waals surface area contributed by atoms with Crippen LogP contribution in [0, 0.1) is 0 Å². The molecule has 1 atom stereocenters. The zero-order chi connectivity index (χ0) is 12.5. The van der Waals surface area contributed by atoms with Gasteiger partial charge in [-0.3, -0.25) is 0 Å². The lowest BCUT2D eigenvalue weighted by molar-refractivity contribution is 0.0590. The van der Waals surface area contributed by atoms with E-state index in [4.69, 9.17) is 21.1 Å². The van der Waals surface area contributed by atoms with Crippen molar-refractivity contribution >= 4 is 22.9 Å². The second-order valence-electron chi connectivity index (χ2n) is 3.71. The maximum atomic E-state index is 6.14. The SMILES string of the molecule is CCCNC(COCCOC)c1sccc1Cl. The van der Waals surface area contributed by atoms with E-state index < -0.39 is 0 Å². The number of thiophene rings is 1. The normalized spacial score (nSPS) is 12.9. The van der Waals surface area contributed by atoms with Crippen molar-refractivity contribution in [3.8, 4) is 0 Å². The zero-order valence-electron chi connectivity index (χ0n) is 10.4. The minimum absolute atomic E-state index is 0.180. The van der Waals surface area contributed by atoms with E-state index in [-0.39, 0.29) is 6.04 Å². The number of halogens is 1. The van der Waals surface area contributed by atoms with Crippen LogP contribution in [-0.2, 0) is 9.47 Å². The topological polar surface area (TPSA) is 30.5 Å². The van der Waals surface area contributed by atoms with Gasteiger partial charge in [-0.15, -0.1) is 11.3 Å². The van der Waals surface area contributed by atoms with Gasteiger partial charge in [0, 0.05) is 12.0 Å². The molecule has 0 aliphatic rings. The Labute approximate surface area is 112 Å². The molecule has 0 aliphatic heterocycles. The third-order valence-electron chi connectivity index (χ3n) is 2.32. The Bertz CT molecular complexity index is 306. The van der Waals surface area contributed by atoms with Gasteiger partial charge in [0.1, 0.15) is 0 Å². The molecule has 1 N–H and O–H groups in total. The maximum Gasteiger partial charge on any atom is 0.0701 e. The first-order valence-electron chi connectivity index (χ1n) is 5.82. The van der Waals surface area contributed by atoms with Gasteiger partial charge in [0.25, 0.3) is 0 Å². The van der Waals surface area contributed by atoms with Crippen molar-refractivity contribution in [2.75, 3.05) is 33.5 Å². The van der Waals surface area contributed by atoms with Crippen LogP contribution in [0.1, 0.15) is 24.3 Å². The lowest BCUT2D eigenvalue weighted by Crippen LogP contribution is -2.26. The third-order valence-corrected chi connectivity index (χ3v) is 3.79. The van der Waals surface area contributed by atoms with Gasteiger partial charge in [0.2, 0.25) is 0 Å². The van der Waals surface area contributed by atoms with Crippen molar-refractivity contribution in [3.63, 3.8) is 0 Å². The summed E-state index contributed by atoms with van der Waals surface area (Å²) < 4.78 is 10.5. The molecular weight excluding hydrogens is 258 g/mol. The highest BCUT2D eigenvalue weighted by atomic mass is 35.5. The number of rotatable bonds is 9. The molecule has 0 bridgehead atoms. The Balaban J connectivity index is 2.46. The summed E-state index contributed by atoms with van der Waals surface area (Å²) in [6.45, 7) is 4.98. The van der Waals surface area contributed by atoms with Crippen molar-refractivity contribution in [3.05, 3.63) is 21.3 Å². The lowest BCUT2D eigenvalue weighted by atomic mass is 10.2. The Morgan fingerprint density at radius 2 is 2.29 bits per heavy atom. The van der Waals surface area contributed by atoms with E-state index in [1.54, 1.807) is 18.4 Å². The second kappa shape index (κ2) is 8.89. The Morgan fingerprint density at radius 3 is 2.88 bits per heavy atom. The van der Waals surface area contributed by atoms with Gasteiger partial charge in [0.05, 0.1) is 30.9 Å². The standard InChI is InChI=1S/C12H20ClNO2S/c1-3-5-14-11(9-16-7-6-15-2)12-10(13)4-8-17-12/h4,8,11,14H,3,5-7,9H2,1-2H3. The van der Waals surface area contributed by atoms with Gasteiger partial charge in [-0.1, -0.05) is 18.5 Å². The second-order valence-corrected chi connectivity index (χ2v) is 5.06. The molecule has 1 heterocycles. The van der Waals surface area contributed by atoms with Gasteiger partial charge in [-0.05, 0) is 24.4 Å². The van der Waals surface area contributed by atoms with Crippen molar-refractivity contribution in [1.82, 2.24) is 5.32 Å². The molecule has 17 heavy (non-hydrogen) atoms. The number of nitrogens with one attached hydrogen (secondary N) is 1. The third kappa shape index (κ3) is 5.36. The van der Waals surface area contributed by atoms with Crippen LogP contribution < -0.4 is 5.32 Å². The molecule has 0 saturated heterocycles. The Morgan fingerprint density at radius 1 is 1.47 bits per heavy atom. The lowest BCUT2D eigenvalue weighted by Gasteiger charge is -2.17. The number of ether oxygens (including phenoxy) is 2. The van der Waals surface area contributed by atoms with Crippen LogP contribution in [0.3, 0.4) is 0 Å². The average molecular weight is 278 g/mol. The number of hydrogen-bond donors (Lipinski definition) is 1. The fraction of sp³-hybridized carbons (Fsp3) is 0.667. The van der Waals surface area contributed by atoms with E-state index >= 15 is 0 Å². The average Bonchev–Trinajstić information content (AvgIpc) is 2.75. The molecule has 1 aromatic heterocycles. The summed E-state index contributed by atoms with van der Waals surface area (Å²) in [5.41, 5.74) is 0. The highest BCUT2D eigenvalue weighted by molar-refractivity contribution is 7.10. The largest absolute Gasteiger partial charge is 0.382 e. The first-order chi connectivity index (χ1) is 8.29.